The number of carbonyl (C=O) groups is 1. The predicted octanol–water partition coefficient (Wildman–Crippen LogP) is 3.85. The molecule has 2 aromatic carbocycles. The van der Waals surface area contributed by atoms with E-state index in [2.05, 4.69) is 22.4 Å². The van der Waals surface area contributed by atoms with Crippen LogP contribution in [-0.2, 0) is 12.8 Å². The SMILES string of the molecule is COc1ccc2cc(C(=O)NCCOc3ccc4c(c3)CCC4)c(C)nc2c1. The molecule has 1 aromatic heterocycles. The highest BCUT2D eigenvalue weighted by Crippen LogP contribution is 2.26. The number of nitrogens with one attached hydrogen (secondary N) is 1. The van der Waals surface area contributed by atoms with E-state index in [1.165, 1.54) is 17.5 Å². The molecule has 1 aliphatic rings. The van der Waals surface area contributed by atoms with Crippen LogP contribution in [0.4, 0.5) is 0 Å². The molecule has 28 heavy (non-hydrogen) atoms. The minimum Gasteiger partial charge on any atom is -0.497 e. The van der Waals surface area contributed by atoms with Crippen LogP contribution in [-0.4, -0.2) is 31.2 Å². The van der Waals surface area contributed by atoms with Crippen molar-refractivity contribution in [2.45, 2.75) is 26.2 Å². The number of ether oxygens (including phenoxy) is 2. The van der Waals surface area contributed by atoms with E-state index < -0.39 is 0 Å². The van der Waals surface area contributed by atoms with Gasteiger partial charge in [0.2, 0.25) is 0 Å². The van der Waals surface area contributed by atoms with E-state index in [4.69, 9.17) is 9.47 Å². The summed E-state index contributed by atoms with van der Waals surface area (Å²) in [6.45, 7) is 2.71. The maximum atomic E-state index is 12.6. The normalized spacial score (nSPS) is 12.6. The molecule has 0 saturated carbocycles. The van der Waals surface area contributed by atoms with Crippen LogP contribution in [0.3, 0.4) is 0 Å². The molecule has 144 valence electrons. The molecule has 0 saturated heterocycles. The molecule has 1 amide bonds. The van der Waals surface area contributed by atoms with Crippen molar-refractivity contribution in [2.75, 3.05) is 20.3 Å². The van der Waals surface area contributed by atoms with Gasteiger partial charge in [-0.1, -0.05) is 6.07 Å². The quantitative estimate of drug-likeness (QED) is 0.664. The zero-order valence-electron chi connectivity index (χ0n) is 16.2. The fourth-order valence-electron chi connectivity index (χ4n) is 3.67. The van der Waals surface area contributed by atoms with E-state index in [-0.39, 0.29) is 5.91 Å². The van der Waals surface area contributed by atoms with Crippen LogP contribution < -0.4 is 14.8 Å². The van der Waals surface area contributed by atoms with Gasteiger partial charge in [-0.15, -0.1) is 0 Å². The van der Waals surface area contributed by atoms with E-state index in [1.807, 2.05) is 37.3 Å². The van der Waals surface area contributed by atoms with Gasteiger partial charge in [0.1, 0.15) is 18.1 Å². The summed E-state index contributed by atoms with van der Waals surface area (Å²) in [6.07, 6.45) is 3.52. The van der Waals surface area contributed by atoms with Gasteiger partial charge >= 0.3 is 0 Å². The van der Waals surface area contributed by atoms with Crippen molar-refractivity contribution in [2.24, 2.45) is 0 Å². The second-order valence-electron chi connectivity index (χ2n) is 7.07. The highest BCUT2D eigenvalue weighted by Gasteiger charge is 2.13. The zero-order chi connectivity index (χ0) is 19.5. The number of fused-ring (bicyclic) bond motifs is 2. The maximum absolute atomic E-state index is 12.6. The van der Waals surface area contributed by atoms with E-state index in [0.717, 1.165) is 35.2 Å². The number of pyridine rings is 1. The molecule has 5 nitrogen and oxygen atoms in total. The van der Waals surface area contributed by atoms with E-state index in [1.54, 1.807) is 7.11 Å². The summed E-state index contributed by atoms with van der Waals surface area (Å²) < 4.78 is 11.0. The average molecular weight is 376 g/mol. The number of methoxy groups -OCH3 is 1. The monoisotopic (exact) mass is 376 g/mol. The van der Waals surface area contributed by atoms with Crippen molar-refractivity contribution in [3.05, 3.63) is 64.8 Å². The Morgan fingerprint density at radius 3 is 2.75 bits per heavy atom. The molecule has 0 radical (unpaired) electrons. The number of nitrogens with zero attached hydrogens (tertiary/aromatic N) is 1. The summed E-state index contributed by atoms with van der Waals surface area (Å²) in [5.74, 6) is 1.48. The van der Waals surface area contributed by atoms with Gasteiger partial charge in [-0.2, -0.15) is 0 Å². The second-order valence-corrected chi connectivity index (χ2v) is 7.07. The number of amides is 1. The molecule has 0 spiro atoms. The third-order valence-electron chi connectivity index (χ3n) is 5.19. The van der Waals surface area contributed by atoms with Crippen LogP contribution in [0.15, 0.2) is 42.5 Å². The van der Waals surface area contributed by atoms with Crippen LogP contribution in [0.5, 0.6) is 11.5 Å². The van der Waals surface area contributed by atoms with Gasteiger partial charge in [-0.3, -0.25) is 9.78 Å². The first-order chi connectivity index (χ1) is 13.6. The molecule has 1 N–H and O–H groups in total. The lowest BCUT2D eigenvalue weighted by Crippen LogP contribution is -2.28. The lowest BCUT2D eigenvalue weighted by Gasteiger charge is -2.11. The van der Waals surface area contributed by atoms with Crippen LogP contribution in [0.1, 0.15) is 33.6 Å². The standard InChI is InChI=1S/C23H24N2O3/c1-15-21(13-18-7-8-19(27-2)14-22(18)25-15)23(26)24-10-11-28-20-9-6-16-4-3-5-17(16)12-20/h6-9,12-14H,3-5,10-11H2,1-2H3,(H,24,26). The Labute approximate surface area is 164 Å². The Balaban J connectivity index is 1.36. The Kier molecular flexibility index (Phi) is 5.15. The topological polar surface area (TPSA) is 60.5 Å². The van der Waals surface area contributed by atoms with Crippen molar-refractivity contribution in [1.82, 2.24) is 10.3 Å². The minimum atomic E-state index is -0.139. The lowest BCUT2D eigenvalue weighted by atomic mass is 10.1. The number of hydrogen-bond acceptors (Lipinski definition) is 4. The lowest BCUT2D eigenvalue weighted by molar-refractivity contribution is 0.0946. The molecular weight excluding hydrogens is 352 g/mol. The molecule has 0 bridgehead atoms. The molecule has 1 heterocycles. The zero-order valence-corrected chi connectivity index (χ0v) is 16.2. The number of aromatic nitrogens is 1. The highest BCUT2D eigenvalue weighted by atomic mass is 16.5. The van der Waals surface area contributed by atoms with E-state index in [9.17, 15) is 4.79 Å². The minimum absolute atomic E-state index is 0.139. The summed E-state index contributed by atoms with van der Waals surface area (Å²) in [7, 11) is 1.63. The van der Waals surface area contributed by atoms with Gasteiger partial charge in [0.15, 0.2) is 0 Å². The fourth-order valence-corrected chi connectivity index (χ4v) is 3.67. The first kappa shape index (κ1) is 18.3. The van der Waals surface area contributed by atoms with Crippen molar-refractivity contribution in [1.29, 1.82) is 0 Å². The molecule has 0 fully saturated rings. The van der Waals surface area contributed by atoms with E-state index >= 15 is 0 Å². The summed E-state index contributed by atoms with van der Waals surface area (Å²) >= 11 is 0. The van der Waals surface area contributed by atoms with Crippen LogP contribution in [0, 0.1) is 6.92 Å². The molecule has 0 aliphatic heterocycles. The van der Waals surface area contributed by atoms with Crippen LogP contribution in [0.25, 0.3) is 10.9 Å². The first-order valence-corrected chi connectivity index (χ1v) is 9.62. The van der Waals surface area contributed by atoms with Gasteiger partial charge in [-0.05, 0) is 67.6 Å². The Bertz CT molecular complexity index is 1030. The summed E-state index contributed by atoms with van der Waals surface area (Å²) in [4.78, 5) is 17.1. The molecular formula is C23H24N2O3. The van der Waals surface area contributed by atoms with Gasteiger partial charge in [0.05, 0.1) is 30.4 Å². The Morgan fingerprint density at radius 2 is 1.89 bits per heavy atom. The Morgan fingerprint density at radius 1 is 1.07 bits per heavy atom. The van der Waals surface area contributed by atoms with Gasteiger partial charge in [0, 0.05) is 11.5 Å². The van der Waals surface area contributed by atoms with Gasteiger partial charge in [0.25, 0.3) is 5.91 Å². The number of rotatable bonds is 6. The van der Waals surface area contributed by atoms with Crippen LogP contribution >= 0.6 is 0 Å². The summed E-state index contributed by atoms with van der Waals surface area (Å²) in [5.41, 5.74) is 4.90. The van der Waals surface area contributed by atoms with Crippen LogP contribution in [0.2, 0.25) is 0 Å². The summed E-state index contributed by atoms with van der Waals surface area (Å²) in [6, 6.07) is 13.8. The number of benzene rings is 2. The molecule has 1 aliphatic carbocycles. The fraction of sp³-hybridized carbons (Fsp3) is 0.304. The third kappa shape index (κ3) is 3.79. The molecule has 0 atom stereocenters. The summed E-state index contributed by atoms with van der Waals surface area (Å²) in [5, 5.41) is 3.83. The molecule has 0 unspecified atom stereocenters. The second kappa shape index (κ2) is 7.89. The first-order valence-electron chi connectivity index (χ1n) is 9.62. The smallest absolute Gasteiger partial charge is 0.253 e. The third-order valence-corrected chi connectivity index (χ3v) is 5.19. The molecule has 3 aromatic rings. The number of aryl methyl sites for hydroxylation is 3. The van der Waals surface area contributed by atoms with Crippen molar-refractivity contribution in [3.63, 3.8) is 0 Å². The van der Waals surface area contributed by atoms with Crippen molar-refractivity contribution in [3.8, 4) is 11.5 Å². The Hall–Kier alpha value is -3.08. The average Bonchev–Trinajstić information content (AvgIpc) is 3.18. The van der Waals surface area contributed by atoms with Crippen molar-refractivity contribution < 1.29 is 14.3 Å². The van der Waals surface area contributed by atoms with Crippen molar-refractivity contribution >= 4 is 16.8 Å². The van der Waals surface area contributed by atoms with Gasteiger partial charge in [-0.25, -0.2) is 0 Å². The highest BCUT2D eigenvalue weighted by molar-refractivity contribution is 5.98. The number of hydrogen-bond donors (Lipinski definition) is 1. The van der Waals surface area contributed by atoms with Gasteiger partial charge < -0.3 is 14.8 Å². The maximum Gasteiger partial charge on any atom is 0.253 e. The predicted molar refractivity (Wildman–Crippen MR) is 109 cm³/mol. The largest absolute Gasteiger partial charge is 0.497 e. The number of carbonyl (C=O) groups excluding carboxylic acids is 1. The molecule has 4 rings (SSSR count). The molecule has 5 heteroatoms. The van der Waals surface area contributed by atoms with E-state index in [0.29, 0.717) is 24.4 Å².